The molecule has 0 saturated carbocycles. The predicted octanol–water partition coefficient (Wildman–Crippen LogP) is 3.69. The quantitative estimate of drug-likeness (QED) is 0.660. The Hall–Kier alpha value is -1.70. The van der Waals surface area contributed by atoms with Gasteiger partial charge in [-0.25, -0.2) is 0 Å². The molecule has 1 N–H and O–H groups in total. The monoisotopic (exact) mass is 391 g/mol. The van der Waals surface area contributed by atoms with Gasteiger partial charge < -0.3 is 14.6 Å². The molecule has 0 bridgehead atoms. The van der Waals surface area contributed by atoms with Gasteiger partial charge in [0, 0.05) is 31.2 Å². The van der Waals surface area contributed by atoms with Crippen molar-refractivity contribution in [1.29, 1.82) is 0 Å². The highest BCUT2D eigenvalue weighted by molar-refractivity contribution is 7.13. The number of ether oxygens (including phenoxy) is 1. The highest BCUT2D eigenvalue weighted by atomic mass is 32.1. The summed E-state index contributed by atoms with van der Waals surface area (Å²) < 4.78 is 10.7. The molecule has 1 saturated heterocycles. The second-order valence-electron chi connectivity index (χ2n) is 7.22. The number of piperidine rings is 1. The predicted molar refractivity (Wildman–Crippen MR) is 107 cm³/mol. The third-order valence-electron chi connectivity index (χ3n) is 5.10. The first-order valence-corrected chi connectivity index (χ1v) is 10.6. The first-order chi connectivity index (χ1) is 13.1. The molecule has 0 radical (unpaired) electrons. The van der Waals surface area contributed by atoms with Crippen molar-refractivity contribution in [3.05, 3.63) is 29.3 Å². The SMILES string of the molecule is C[C@@H]1CCC[C@H](C)N1CCCNC(=O)COCc1cc(-c2cccs2)on1. The number of rotatable bonds is 9. The minimum atomic E-state index is -0.0864. The maximum absolute atomic E-state index is 11.9. The first kappa shape index (κ1) is 20.0. The third kappa shape index (κ3) is 5.89. The Labute approximate surface area is 164 Å². The summed E-state index contributed by atoms with van der Waals surface area (Å²) in [6, 6.07) is 7.10. The van der Waals surface area contributed by atoms with Crippen LogP contribution in [0.2, 0.25) is 0 Å². The van der Waals surface area contributed by atoms with Gasteiger partial charge in [-0.15, -0.1) is 11.3 Å². The summed E-state index contributed by atoms with van der Waals surface area (Å²) in [4.78, 5) is 15.5. The summed E-state index contributed by atoms with van der Waals surface area (Å²) in [6.45, 7) is 6.63. The van der Waals surface area contributed by atoms with Crippen LogP contribution in [0.15, 0.2) is 28.1 Å². The topological polar surface area (TPSA) is 67.6 Å². The van der Waals surface area contributed by atoms with Gasteiger partial charge >= 0.3 is 0 Å². The van der Waals surface area contributed by atoms with E-state index in [1.807, 2.05) is 23.6 Å². The van der Waals surface area contributed by atoms with E-state index in [4.69, 9.17) is 9.26 Å². The number of amides is 1. The van der Waals surface area contributed by atoms with Crippen LogP contribution in [-0.4, -0.2) is 47.7 Å². The van der Waals surface area contributed by atoms with Crippen LogP contribution in [0.1, 0.15) is 45.2 Å². The lowest BCUT2D eigenvalue weighted by molar-refractivity contribution is -0.126. The molecule has 1 fully saturated rings. The van der Waals surface area contributed by atoms with Gasteiger partial charge in [-0.3, -0.25) is 9.69 Å². The summed E-state index contributed by atoms with van der Waals surface area (Å²) in [7, 11) is 0. The maximum Gasteiger partial charge on any atom is 0.246 e. The summed E-state index contributed by atoms with van der Waals surface area (Å²) in [5.74, 6) is 0.644. The van der Waals surface area contributed by atoms with Gasteiger partial charge in [0.1, 0.15) is 12.3 Å². The lowest BCUT2D eigenvalue weighted by Gasteiger charge is -2.39. The smallest absolute Gasteiger partial charge is 0.246 e. The van der Waals surface area contributed by atoms with Crippen LogP contribution in [0, 0.1) is 0 Å². The number of carbonyl (C=O) groups is 1. The van der Waals surface area contributed by atoms with Gasteiger partial charge in [-0.1, -0.05) is 17.6 Å². The number of hydrogen-bond acceptors (Lipinski definition) is 6. The van der Waals surface area contributed by atoms with Crippen LogP contribution in [0.3, 0.4) is 0 Å². The fraction of sp³-hybridized carbons (Fsp3) is 0.600. The molecule has 1 amide bonds. The zero-order chi connectivity index (χ0) is 19.1. The molecule has 0 spiro atoms. The van der Waals surface area contributed by atoms with E-state index in [0.29, 0.717) is 24.3 Å². The van der Waals surface area contributed by atoms with E-state index in [0.717, 1.165) is 23.6 Å². The normalized spacial score (nSPS) is 20.7. The van der Waals surface area contributed by atoms with Crippen molar-refractivity contribution in [2.45, 2.75) is 58.2 Å². The average Bonchev–Trinajstić information content (AvgIpc) is 3.32. The van der Waals surface area contributed by atoms with Gasteiger partial charge in [-0.2, -0.15) is 0 Å². The molecule has 1 aliphatic rings. The number of aromatic nitrogens is 1. The second kappa shape index (κ2) is 10.0. The Morgan fingerprint density at radius 2 is 2.22 bits per heavy atom. The van der Waals surface area contributed by atoms with Crippen molar-refractivity contribution in [1.82, 2.24) is 15.4 Å². The summed E-state index contributed by atoms with van der Waals surface area (Å²) in [6.07, 6.45) is 4.85. The lowest BCUT2D eigenvalue weighted by atomic mass is 9.97. The van der Waals surface area contributed by atoms with E-state index in [1.165, 1.54) is 19.3 Å². The summed E-state index contributed by atoms with van der Waals surface area (Å²) >= 11 is 1.60. The Balaban J connectivity index is 1.29. The van der Waals surface area contributed by atoms with E-state index in [1.54, 1.807) is 11.3 Å². The summed E-state index contributed by atoms with van der Waals surface area (Å²) in [5.41, 5.74) is 0.694. The molecule has 6 nitrogen and oxygen atoms in total. The Morgan fingerprint density at radius 1 is 1.41 bits per heavy atom. The second-order valence-corrected chi connectivity index (χ2v) is 8.17. The molecule has 2 aromatic heterocycles. The van der Waals surface area contributed by atoms with Gasteiger partial charge in [0.15, 0.2) is 5.76 Å². The number of nitrogens with zero attached hydrogens (tertiary/aromatic N) is 2. The first-order valence-electron chi connectivity index (χ1n) is 9.73. The van der Waals surface area contributed by atoms with Crippen LogP contribution in [0.4, 0.5) is 0 Å². The van der Waals surface area contributed by atoms with E-state index in [9.17, 15) is 4.79 Å². The molecule has 3 rings (SSSR count). The van der Waals surface area contributed by atoms with E-state index < -0.39 is 0 Å². The van der Waals surface area contributed by atoms with Crippen LogP contribution in [0.5, 0.6) is 0 Å². The highest BCUT2D eigenvalue weighted by Gasteiger charge is 2.23. The molecule has 0 unspecified atom stereocenters. The fourth-order valence-electron chi connectivity index (χ4n) is 3.62. The van der Waals surface area contributed by atoms with Crippen LogP contribution < -0.4 is 5.32 Å². The van der Waals surface area contributed by atoms with Gasteiger partial charge in [0.2, 0.25) is 5.91 Å². The third-order valence-corrected chi connectivity index (χ3v) is 5.98. The van der Waals surface area contributed by atoms with E-state index >= 15 is 0 Å². The van der Waals surface area contributed by atoms with Crippen LogP contribution >= 0.6 is 11.3 Å². The zero-order valence-corrected chi connectivity index (χ0v) is 17.0. The molecular weight excluding hydrogens is 362 g/mol. The molecule has 27 heavy (non-hydrogen) atoms. The van der Waals surface area contributed by atoms with Crippen molar-refractivity contribution in [3.8, 4) is 10.6 Å². The van der Waals surface area contributed by atoms with E-state index in [-0.39, 0.29) is 19.1 Å². The molecule has 0 aromatic carbocycles. The van der Waals surface area contributed by atoms with Crippen molar-refractivity contribution >= 4 is 17.2 Å². The molecule has 1 aliphatic heterocycles. The highest BCUT2D eigenvalue weighted by Crippen LogP contribution is 2.25. The van der Waals surface area contributed by atoms with Crippen LogP contribution in [-0.2, 0) is 16.1 Å². The fourth-order valence-corrected chi connectivity index (χ4v) is 4.29. The van der Waals surface area contributed by atoms with Crippen LogP contribution in [0.25, 0.3) is 10.6 Å². The Kier molecular flexibility index (Phi) is 7.43. The minimum Gasteiger partial charge on any atom is -0.365 e. The number of nitrogens with one attached hydrogen (secondary N) is 1. The molecule has 7 heteroatoms. The van der Waals surface area contributed by atoms with Gasteiger partial charge in [0.05, 0.1) is 11.5 Å². The standard InChI is InChI=1S/C20H29N3O3S/c1-15-6-3-7-16(2)23(15)10-5-9-21-20(24)14-25-13-17-12-18(26-22-17)19-8-4-11-27-19/h4,8,11-12,15-16H,3,5-7,9-10,13-14H2,1-2H3,(H,21,24)/t15-,16+. The summed E-state index contributed by atoms with van der Waals surface area (Å²) in [5, 5.41) is 8.90. The lowest BCUT2D eigenvalue weighted by Crippen LogP contribution is -2.44. The van der Waals surface area contributed by atoms with Crippen molar-refractivity contribution in [3.63, 3.8) is 0 Å². The number of thiophene rings is 1. The van der Waals surface area contributed by atoms with E-state index in [2.05, 4.69) is 29.2 Å². The number of carbonyl (C=O) groups excluding carboxylic acids is 1. The number of hydrogen-bond donors (Lipinski definition) is 1. The average molecular weight is 392 g/mol. The van der Waals surface area contributed by atoms with Crippen molar-refractivity contribution < 1.29 is 14.1 Å². The molecule has 0 aliphatic carbocycles. The van der Waals surface area contributed by atoms with Crippen molar-refractivity contribution in [2.75, 3.05) is 19.7 Å². The van der Waals surface area contributed by atoms with Gasteiger partial charge in [0.25, 0.3) is 0 Å². The maximum atomic E-state index is 11.9. The Morgan fingerprint density at radius 3 is 2.96 bits per heavy atom. The molecule has 3 heterocycles. The molecule has 2 atom stereocenters. The Bertz CT molecular complexity index is 691. The number of likely N-dealkylation sites (tertiary alicyclic amines) is 1. The zero-order valence-electron chi connectivity index (χ0n) is 16.1. The largest absolute Gasteiger partial charge is 0.365 e. The van der Waals surface area contributed by atoms with Gasteiger partial charge in [-0.05, 0) is 44.6 Å². The molecular formula is C20H29N3O3S. The van der Waals surface area contributed by atoms with Crippen molar-refractivity contribution in [2.24, 2.45) is 0 Å². The molecule has 2 aromatic rings. The molecule has 148 valence electrons. The minimum absolute atomic E-state index is 0.0394.